The lowest BCUT2D eigenvalue weighted by Gasteiger charge is -2.09. The molecule has 0 saturated carbocycles. The molecule has 6 heteroatoms. The van der Waals surface area contributed by atoms with Crippen LogP contribution in [0.1, 0.15) is 5.82 Å². The summed E-state index contributed by atoms with van der Waals surface area (Å²) in [4.78, 5) is 4.49. The number of hydrogen-bond acceptors (Lipinski definition) is 5. The van der Waals surface area contributed by atoms with Crippen LogP contribution >= 0.6 is 0 Å². The van der Waals surface area contributed by atoms with Gasteiger partial charge in [-0.25, -0.2) is 9.67 Å². The van der Waals surface area contributed by atoms with Crippen molar-refractivity contribution >= 4 is 0 Å². The first-order chi connectivity index (χ1) is 9.19. The molecule has 0 aliphatic carbocycles. The number of benzene rings is 1. The van der Waals surface area contributed by atoms with Gasteiger partial charge in [-0.1, -0.05) is 0 Å². The highest BCUT2D eigenvalue weighted by Gasteiger charge is 2.14. The van der Waals surface area contributed by atoms with Crippen molar-refractivity contribution in [1.82, 2.24) is 14.8 Å². The van der Waals surface area contributed by atoms with Crippen LogP contribution in [0.25, 0.3) is 11.4 Å². The fraction of sp³-hybridized carbons (Fsp3) is 0.385. The zero-order chi connectivity index (χ0) is 13.8. The molecule has 0 saturated heterocycles. The second-order valence-corrected chi connectivity index (χ2v) is 4.08. The van der Waals surface area contributed by atoms with Crippen molar-refractivity contribution in [3.63, 3.8) is 0 Å². The Hall–Kier alpha value is -2.08. The Morgan fingerprint density at radius 3 is 2.68 bits per heavy atom. The van der Waals surface area contributed by atoms with E-state index in [1.54, 1.807) is 18.9 Å². The summed E-state index contributed by atoms with van der Waals surface area (Å²) in [6.07, 6.45) is 0.653. The van der Waals surface area contributed by atoms with E-state index in [1.165, 1.54) is 0 Å². The Morgan fingerprint density at radius 1 is 1.26 bits per heavy atom. The predicted molar refractivity (Wildman–Crippen MR) is 72.3 cm³/mol. The number of rotatable bonds is 5. The van der Waals surface area contributed by atoms with Gasteiger partial charge in [0.1, 0.15) is 11.5 Å². The minimum atomic E-state index is 0.526. The third-order valence-corrected chi connectivity index (χ3v) is 2.82. The zero-order valence-corrected chi connectivity index (χ0v) is 11.4. The Bertz CT molecular complexity index is 566. The smallest absolute Gasteiger partial charge is 0.162 e. The van der Waals surface area contributed by atoms with Crippen LogP contribution < -0.4 is 15.2 Å². The number of hydrogen-bond donors (Lipinski definition) is 1. The van der Waals surface area contributed by atoms with Gasteiger partial charge in [0, 0.05) is 13.5 Å². The lowest BCUT2D eigenvalue weighted by atomic mass is 10.1. The highest BCUT2D eigenvalue weighted by atomic mass is 16.5. The molecular weight excluding hydrogens is 244 g/mol. The summed E-state index contributed by atoms with van der Waals surface area (Å²) in [5.74, 6) is 2.94. The average Bonchev–Trinajstić information content (AvgIpc) is 2.79. The van der Waals surface area contributed by atoms with Crippen molar-refractivity contribution in [3.05, 3.63) is 24.0 Å². The van der Waals surface area contributed by atoms with E-state index < -0.39 is 0 Å². The highest BCUT2D eigenvalue weighted by molar-refractivity contribution is 5.66. The minimum absolute atomic E-state index is 0.526. The predicted octanol–water partition coefficient (Wildman–Crippen LogP) is 1.00. The molecule has 0 radical (unpaired) electrons. The Morgan fingerprint density at radius 2 is 2.05 bits per heavy atom. The van der Waals surface area contributed by atoms with Crippen LogP contribution in [-0.4, -0.2) is 35.5 Å². The number of nitrogens with two attached hydrogens (primary N) is 1. The van der Waals surface area contributed by atoms with Crippen molar-refractivity contribution < 1.29 is 9.47 Å². The van der Waals surface area contributed by atoms with Crippen LogP contribution in [0.2, 0.25) is 0 Å². The van der Waals surface area contributed by atoms with Crippen molar-refractivity contribution in [3.8, 4) is 22.9 Å². The molecule has 0 amide bonds. The van der Waals surface area contributed by atoms with E-state index in [-0.39, 0.29) is 0 Å². The van der Waals surface area contributed by atoms with E-state index in [0.717, 1.165) is 28.7 Å². The summed E-state index contributed by atoms with van der Waals surface area (Å²) in [6, 6.07) is 5.58. The maximum atomic E-state index is 5.53. The Labute approximate surface area is 112 Å². The zero-order valence-electron chi connectivity index (χ0n) is 11.4. The van der Waals surface area contributed by atoms with Crippen molar-refractivity contribution in [2.75, 3.05) is 20.8 Å². The number of aromatic nitrogens is 3. The third-order valence-electron chi connectivity index (χ3n) is 2.82. The molecule has 0 bridgehead atoms. The van der Waals surface area contributed by atoms with Crippen molar-refractivity contribution in [1.29, 1.82) is 0 Å². The molecule has 0 fully saturated rings. The van der Waals surface area contributed by atoms with Gasteiger partial charge in [0.2, 0.25) is 0 Å². The van der Waals surface area contributed by atoms with Gasteiger partial charge < -0.3 is 15.2 Å². The second kappa shape index (κ2) is 5.71. The van der Waals surface area contributed by atoms with Gasteiger partial charge in [-0.15, -0.1) is 0 Å². The fourth-order valence-electron chi connectivity index (χ4n) is 1.90. The molecule has 1 aromatic heterocycles. The molecular formula is C13H18N4O2. The summed E-state index contributed by atoms with van der Waals surface area (Å²) in [6.45, 7) is 0.526. The molecule has 2 rings (SSSR count). The maximum Gasteiger partial charge on any atom is 0.162 e. The van der Waals surface area contributed by atoms with Crippen LogP contribution in [-0.2, 0) is 13.5 Å². The summed E-state index contributed by atoms with van der Waals surface area (Å²) in [5, 5.41) is 4.34. The molecule has 0 spiro atoms. The van der Waals surface area contributed by atoms with E-state index in [0.29, 0.717) is 13.0 Å². The van der Waals surface area contributed by atoms with Crippen LogP contribution in [0.4, 0.5) is 0 Å². The van der Waals surface area contributed by atoms with Gasteiger partial charge in [-0.2, -0.15) is 5.10 Å². The summed E-state index contributed by atoms with van der Waals surface area (Å²) >= 11 is 0. The van der Waals surface area contributed by atoms with Gasteiger partial charge in [0.15, 0.2) is 11.6 Å². The monoisotopic (exact) mass is 262 g/mol. The van der Waals surface area contributed by atoms with Crippen LogP contribution in [0.5, 0.6) is 11.5 Å². The van der Waals surface area contributed by atoms with E-state index >= 15 is 0 Å². The van der Waals surface area contributed by atoms with E-state index in [9.17, 15) is 0 Å². The maximum absolute atomic E-state index is 5.53. The standard InChI is InChI=1S/C13H18N4O2/c1-17-13(15-12(16-17)6-7-14)10-8-9(18-2)4-5-11(10)19-3/h4-5,8H,6-7,14H2,1-3H3. The highest BCUT2D eigenvalue weighted by Crippen LogP contribution is 2.32. The van der Waals surface area contributed by atoms with E-state index in [1.807, 2.05) is 25.2 Å². The van der Waals surface area contributed by atoms with Gasteiger partial charge in [0.05, 0.1) is 19.8 Å². The van der Waals surface area contributed by atoms with Crippen LogP contribution in [0, 0.1) is 0 Å². The normalized spacial score (nSPS) is 10.5. The topological polar surface area (TPSA) is 75.2 Å². The second-order valence-electron chi connectivity index (χ2n) is 4.08. The quantitative estimate of drug-likeness (QED) is 0.870. The van der Waals surface area contributed by atoms with Crippen LogP contribution in [0.15, 0.2) is 18.2 Å². The molecule has 0 aliphatic heterocycles. The summed E-state index contributed by atoms with van der Waals surface area (Å²) in [7, 11) is 5.10. The molecule has 19 heavy (non-hydrogen) atoms. The van der Waals surface area contributed by atoms with E-state index in [4.69, 9.17) is 15.2 Å². The number of ether oxygens (including phenoxy) is 2. The lowest BCUT2D eigenvalue weighted by molar-refractivity contribution is 0.404. The molecule has 102 valence electrons. The first-order valence-corrected chi connectivity index (χ1v) is 6.02. The van der Waals surface area contributed by atoms with Crippen molar-refractivity contribution in [2.24, 2.45) is 12.8 Å². The molecule has 6 nitrogen and oxygen atoms in total. The van der Waals surface area contributed by atoms with E-state index in [2.05, 4.69) is 10.1 Å². The molecule has 1 heterocycles. The van der Waals surface area contributed by atoms with Gasteiger partial charge >= 0.3 is 0 Å². The Balaban J connectivity index is 2.50. The molecule has 0 atom stereocenters. The minimum Gasteiger partial charge on any atom is -0.497 e. The number of methoxy groups -OCH3 is 2. The average molecular weight is 262 g/mol. The molecule has 0 aliphatic rings. The third kappa shape index (κ3) is 2.68. The largest absolute Gasteiger partial charge is 0.497 e. The first kappa shape index (κ1) is 13.4. The summed E-state index contributed by atoms with van der Waals surface area (Å²) < 4.78 is 12.3. The number of nitrogens with zero attached hydrogens (tertiary/aromatic N) is 3. The Kier molecular flexibility index (Phi) is 4.01. The van der Waals surface area contributed by atoms with Crippen molar-refractivity contribution in [2.45, 2.75) is 6.42 Å². The van der Waals surface area contributed by atoms with Gasteiger partial charge in [-0.3, -0.25) is 0 Å². The van der Waals surface area contributed by atoms with Crippen LogP contribution in [0.3, 0.4) is 0 Å². The SMILES string of the molecule is COc1ccc(OC)c(-c2nc(CCN)nn2C)c1. The first-order valence-electron chi connectivity index (χ1n) is 6.02. The molecule has 2 N–H and O–H groups in total. The molecule has 1 aromatic carbocycles. The fourth-order valence-corrected chi connectivity index (χ4v) is 1.90. The lowest BCUT2D eigenvalue weighted by Crippen LogP contribution is -2.04. The summed E-state index contributed by atoms with van der Waals surface area (Å²) in [5.41, 5.74) is 6.37. The molecule has 0 unspecified atom stereocenters. The van der Waals surface area contributed by atoms with Gasteiger partial charge in [-0.05, 0) is 24.7 Å². The number of aryl methyl sites for hydroxylation is 1. The van der Waals surface area contributed by atoms with Gasteiger partial charge in [0.25, 0.3) is 0 Å². The molecule has 2 aromatic rings.